The Morgan fingerprint density at radius 2 is 2.20 bits per heavy atom. The van der Waals surface area contributed by atoms with Crippen molar-refractivity contribution in [3.8, 4) is 0 Å². The molecule has 0 aromatic carbocycles. The van der Waals surface area contributed by atoms with Crippen LogP contribution >= 0.6 is 11.8 Å². The van der Waals surface area contributed by atoms with Gasteiger partial charge in [0.25, 0.3) is 5.91 Å². The maximum atomic E-state index is 12.5. The first kappa shape index (κ1) is 15.0. The molecule has 0 radical (unpaired) electrons. The summed E-state index contributed by atoms with van der Waals surface area (Å²) in [6.07, 6.45) is 0.455. The van der Waals surface area contributed by atoms with Crippen LogP contribution in [0.25, 0.3) is 0 Å². The number of carboxylic acids is 1. The summed E-state index contributed by atoms with van der Waals surface area (Å²) in [6, 6.07) is 1.47. The molecule has 1 aliphatic rings. The molecule has 5 nitrogen and oxygen atoms in total. The minimum Gasteiger partial charge on any atom is -0.478 e. The highest BCUT2D eigenvalue weighted by Gasteiger charge is 2.32. The standard InChI is InChI=1S/C14H19NO4S/c1-4-11-10(14(17)18)7-12(19-11)13(16)15-5-6-20-9(3)8(15)2/h7-9H,4-6H2,1-3H3,(H,17,18). The number of carbonyl (C=O) groups excluding carboxylic acids is 1. The number of carboxylic acid groups (broad SMARTS) is 1. The van der Waals surface area contributed by atoms with Crippen molar-refractivity contribution in [3.05, 3.63) is 23.2 Å². The molecule has 0 saturated carbocycles. The van der Waals surface area contributed by atoms with Gasteiger partial charge in [-0.25, -0.2) is 4.79 Å². The molecule has 1 fully saturated rings. The first-order valence-corrected chi connectivity index (χ1v) is 7.79. The molecule has 1 aromatic rings. The summed E-state index contributed by atoms with van der Waals surface area (Å²) in [4.78, 5) is 25.4. The van der Waals surface area contributed by atoms with E-state index in [4.69, 9.17) is 9.52 Å². The van der Waals surface area contributed by atoms with E-state index in [0.29, 0.717) is 24.0 Å². The van der Waals surface area contributed by atoms with Crippen molar-refractivity contribution in [2.45, 2.75) is 38.5 Å². The lowest BCUT2D eigenvalue weighted by atomic mass is 10.1. The highest BCUT2D eigenvalue weighted by Crippen LogP contribution is 2.27. The Balaban J connectivity index is 2.27. The molecule has 20 heavy (non-hydrogen) atoms. The molecule has 2 rings (SSSR count). The van der Waals surface area contributed by atoms with Gasteiger partial charge in [-0.05, 0) is 6.92 Å². The number of thioether (sulfide) groups is 1. The molecule has 1 amide bonds. The number of aryl methyl sites for hydroxylation is 1. The molecule has 110 valence electrons. The van der Waals surface area contributed by atoms with Gasteiger partial charge in [0, 0.05) is 36.1 Å². The molecule has 2 atom stereocenters. The van der Waals surface area contributed by atoms with E-state index in [1.165, 1.54) is 6.07 Å². The van der Waals surface area contributed by atoms with E-state index in [1.54, 1.807) is 4.90 Å². The van der Waals surface area contributed by atoms with Crippen LogP contribution in [0, 0.1) is 0 Å². The van der Waals surface area contributed by atoms with Gasteiger partial charge in [0.15, 0.2) is 5.76 Å². The SMILES string of the molecule is CCc1oc(C(=O)N2CCSC(C)C2C)cc1C(=O)O. The van der Waals surface area contributed by atoms with Gasteiger partial charge in [-0.3, -0.25) is 4.79 Å². The number of rotatable bonds is 3. The van der Waals surface area contributed by atoms with E-state index in [0.717, 1.165) is 5.75 Å². The van der Waals surface area contributed by atoms with Gasteiger partial charge < -0.3 is 14.4 Å². The van der Waals surface area contributed by atoms with Crippen LogP contribution in [-0.4, -0.2) is 45.5 Å². The number of furan rings is 1. The average molecular weight is 297 g/mol. The molecule has 1 aliphatic heterocycles. The molecule has 2 unspecified atom stereocenters. The van der Waals surface area contributed by atoms with E-state index >= 15 is 0 Å². The number of nitrogens with zero attached hydrogens (tertiary/aromatic N) is 1. The quantitative estimate of drug-likeness (QED) is 0.928. The summed E-state index contributed by atoms with van der Waals surface area (Å²) >= 11 is 1.84. The largest absolute Gasteiger partial charge is 0.478 e. The highest BCUT2D eigenvalue weighted by atomic mass is 32.2. The molecule has 1 N–H and O–H groups in total. The van der Waals surface area contributed by atoms with Crippen molar-refractivity contribution in [1.82, 2.24) is 4.90 Å². The number of hydrogen-bond acceptors (Lipinski definition) is 4. The fourth-order valence-corrected chi connectivity index (χ4v) is 3.44. The molecular weight excluding hydrogens is 278 g/mol. The fourth-order valence-electron chi connectivity index (χ4n) is 2.34. The Morgan fingerprint density at radius 3 is 2.75 bits per heavy atom. The van der Waals surface area contributed by atoms with Gasteiger partial charge in [0.2, 0.25) is 0 Å². The van der Waals surface area contributed by atoms with Crippen LogP contribution in [0.2, 0.25) is 0 Å². The van der Waals surface area contributed by atoms with Crippen LogP contribution in [0.5, 0.6) is 0 Å². The van der Waals surface area contributed by atoms with Gasteiger partial charge in [0.05, 0.1) is 0 Å². The summed E-state index contributed by atoms with van der Waals surface area (Å²) in [5.41, 5.74) is 0.0861. The van der Waals surface area contributed by atoms with Gasteiger partial charge in [-0.15, -0.1) is 0 Å². The highest BCUT2D eigenvalue weighted by molar-refractivity contribution is 8.00. The second kappa shape index (κ2) is 5.91. The topological polar surface area (TPSA) is 70.8 Å². The van der Waals surface area contributed by atoms with Crippen LogP contribution in [-0.2, 0) is 6.42 Å². The summed E-state index contributed by atoms with van der Waals surface area (Å²) in [5, 5.41) is 9.48. The van der Waals surface area contributed by atoms with E-state index in [9.17, 15) is 9.59 Å². The Kier molecular flexibility index (Phi) is 4.42. The van der Waals surface area contributed by atoms with Crippen LogP contribution in [0.15, 0.2) is 10.5 Å². The zero-order valence-corrected chi connectivity index (χ0v) is 12.7. The number of aromatic carboxylic acids is 1. The van der Waals surface area contributed by atoms with Gasteiger partial charge in [-0.2, -0.15) is 11.8 Å². The molecule has 0 bridgehead atoms. The van der Waals surface area contributed by atoms with Crippen molar-refractivity contribution in [2.75, 3.05) is 12.3 Å². The predicted molar refractivity (Wildman–Crippen MR) is 77.5 cm³/mol. The van der Waals surface area contributed by atoms with Crippen molar-refractivity contribution in [1.29, 1.82) is 0 Å². The van der Waals surface area contributed by atoms with Crippen molar-refractivity contribution < 1.29 is 19.1 Å². The number of hydrogen-bond donors (Lipinski definition) is 1. The summed E-state index contributed by atoms with van der Waals surface area (Å²) in [7, 11) is 0. The number of carbonyl (C=O) groups is 2. The lowest BCUT2D eigenvalue weighted by molar-refractivity contribution is 0.0660. The lowest BCUT2D eigenvalue weighted by Crippen LogP contribution is -2.47. The Labute approximate surface area is 122 Å². The second-order valence-corrected chi connectivity index (χ2v) is 6.41. The molecule has 0 spiro atoms. The predicted octanol–water partition coefficient (Wildman–Crippen LogP) is 2.51. The van der Waals surface area contributed by atoms with Gasteiger partial charge >= 0.3 is 5.97 Å². The van der Waals surface area contributed by atoms with E-state index in [1.807, 2.05) is 25.6 Å². The van der Waals surface area contributed by atoms with Crippen LogP contribution in [0.4, 0.5) is 0 Å². The van der Waals surface area contributed by atoms with Gasteiger partial charge in [0.1, 0.15) is 11.3 Å². The lowest BCUT2D eigenvalue weighted by Gasteiger charge is -2.36. The minimum atomic E-state index is -1.06. The normalized spacial score (nSPS) is 22.9. The van der Waals surface area contributed by atoms with Crippen LogP contribution < -0.4 is 0 Å². The van der Waals surface area contributed by atoms with E-state index in [2.05, 4.69) is 6.92 Å². The van der Waals surface area contributed by atoms with Crippen molar-refractivity contribution in [3.63, 3.8) is 0 Å². The third-order valence-corrected chi connectivity index (χ3v) is 5.05. The Hall–Kier alpha value is -1.43. The molecule has 2 heterocycles. The number of amides is 1. The molecule has 1 saturated heterocycles. The minimum absolute atomic E-state index is 0.0861. The maximum Gasteiger partial charge on any atom is 0.339 e. The summed E-state index contributed by atoms with van der Waals surface area (Å²) in [5.74, 6) is 0.106. The van der Waals surface area contributed by atoms with Crippen LogP contribution in [0.3, 0.4) is 0 Å². The van der Waals surface area contributed by atoms with Gasteiger partial charge in [-0.1, -0.05) is 13.8 Å². The first-order chi connectivity index (χ1) is 9.45. The zero-order valence-electron chi connectivity index (χ0n) is 11.9. The molecule has 0 aliphatic carbocycles. The van der Waals surface area contributed by atoms with Crippen molar-refractivity contribution in [2.24, 2.45) is 0 Å². The van der Waals surface area contributed by atoms with Crippen molar-refractivity contribution >= 4 is 23.6 Å². The Bertz CT molecular complexity index is 525. The fraction of sp³-hybridized carbons (Fsp3) is 0.571. The van der Waals surface area contributed by atoms with E-state index < -0.39 is 5.97 Å². The third-order valence-electron chi connectivity index (χ3n) is 3.72. The second-order valence-electron chi connectivity index (χ2n) is 4.92. The maximum absolute atomic E-state index is 12.5. The van der Waals surface area contributed by atoms with Crippen LogP contribution in [0.1, 0.15) is 47.4 Å². The zero-order chi connectivity index (χ0) is 14.9. The molecule has 6 heteroatoms. The summed E-state index contributed by atoms with van der Waals surface area (Å²) in [6.45, 7) is 6.58. The van der Waals surface area contributed by atoms with E-state index in [-0.39, 0.29) is 23.3 Å². The summed E-state index contributed by atoms with van der Waals surface area (Å²) < 4.78 is 5.44. The molecule has 1 aromatic heterocycles. The Morgan fingerprint density at radius 1 is 1.50 bits per heavy atom. The average Bonchev–Trinajstić information content (AvgIpc) is 2.85. The monoisotopic (exact) mass is 297 g/mol. The third kappa shape index (κ3) is 2.70. The molecular formula is C14H19NO4S. The smallest absolute Gasteiger partial charge is 0.339 e. The first-order valence-electron chi connectivity index (χ1n) is 6.74.